The van der Waals surface area contributed by atoms with E-state index in [-0.39, 0.29) is 0 Å². The Labute approximate surface area is 110 Å². The van der Waals surface area contributed by atoms with Gasteiger partial charge in [0, 0.05) is 0 Å². The molecule has 0 radical (unpaired) electrons. The fourth-order valence-electron chi connectivity index (χ4n) is 2.28. The summed E-state index contributed by atoms with van der Waals surface area (Å²) < 4.78 is 0. The Morgan fingerprint density at radius 3 is 1.94 bits per heavy atom. The SMILES string of the molecule is CCCCCCCCC=C(CCC)CCCC. The summed E-state index contributed by atoms with van der Waals surface area (Å²) in [6.07, 6.45) is 19.1. The monoisotopic (exact) mass is 238 g/mol. The summed E-state index contributed by atoms with van der Waals surface area (Å²) in [4.78, 5) is 0. The Morgan fingerprint density at radius 1 is 0.647 bits per heavy atom. The molecule has 0 aliphatic carbocycles. The lowest BCUT2D eigenvalue weighted by atomic mass is 10.0. The molecule has 0 rings (SSSR count). The first-order chi connectivity index (χ1) is 8.35. The first-order valence-electron chi connectivity index (χ1n) is 8.03. The van der Waals surface area contributed by atoms with Crippen LogP contribution in [0, 0.1) is 0 Å². The Bertz CT molecular complexity index is 167. The van der Waals surface area contributed by atoms with E-state index in [4.69, 9.17) is 0 Å². The molecule has 0 aromatic rings. The zero-order valence-electron chi connectivity index (χ0n) is 12.6. The van der Waals surface area contributed by atoms with Gasteiger partial charge in [-0.2, -0.15) is 0 Å². The van der Waals surface area contributed by atoms with Gasteiger partial charge in [-0.3, -0.25) is 0 Å². The van der Waals surface area contributed by atoms with E-state index in [1.54, 1.807) is 5.57 Å². The molecule has 102 valence electrons. The molecule has 0 unspecified atom stereocenters. The highest BCUT2D eigenvalue weighted by molar-refractivity contribution is 5.01. The Kier molecular flexibility index (Phi) is 13.6. The second-order valence-corrected chi connectivity index (χ2v) is 5.27. The third-order valence-corrected chi connectivity index (χ3v) is 3.41. The summed E-state index contributed by atoms with van der Waals surface area (Å²) in [6, 6.07) is 0. The summed E-state index contributed by atoms with van der Waals surface area (Å²) >= 11 is 0. The van der Waals surface area contributed by atoms with Gasteiger partial charge in [-0.25, -0.2) is 0 Å². The van der Waals surface area contributed by atoms with Crippen molar-refractivity contribution in [3.63, 3.8) is 0 Å². The summed E-state index contributed by atoms with van der Waals surface area (Å²) in [7, 11) is 0. The van der Waals surface area contributed by atoms with Gasteiger partial charge in [0.25, 0.3) is 0 Å². The van der Waals surface area contributed by atoms with Crippen molar-refractivity contribution in [2.45, 2.75) is 97.8 Å². The lowest BCUT2D eigenvalue weighted by Crippen LogP contribution is -1.85. The molecule has 0 aliphatic heterocycles. The molecular formula is C17H34. The number of unbranched alkanes of at least 4 members (excludes halogenated alkanes) is 7. The summed E-state index contributed by atoms with van der Waals surface area (Å²) in [5.41, 5.74) is 1.72. The van der Waals surface area contributed by atoms with Crippen LogP contribution in [0.3, 0.4) is 0 Å². The number of rotatable bonds is 12. The largest absolute Gasteiger partial charge is 0.0853 e. The van der Waals surface area contributed by atoms with E-state index in [1.165, 1.54) is 77.0 Å². The van der Waals surface area contributed by atoms with Crippen molar-refractivity contribution < 1.29 is 0 Å². The molecule has 0 aromatic carbocycles. The van der Waals surface area contributed by atoms with Crippen LogP contribution in [0.4, 0.5) is 0 Å². The van der Waals surface area contributed by atoms with E-state index in [1.807, 2.05) is 0 Å². The predicted molar refractivity (Wildman–Crippen MR) is 80.5 cm³/mol. The van der Waals surface area contributed by atoms with Gasteiger partial charge in [0.1, 0.15) is 0 Å². The van der Waals surface area contributed by atoms with E-state index in [2.05, 4.69) is 26.8 Å². The van der Waals surface area contributed by atoms with Crippen LogP contribution in [-0.2, 0) is 0 Å². The normalized spacial score (nSPS) is 12.1. The molecule has 0 nitrogen and oxygen atoms in total. The fourth-order valence-corrected chi connectivity index (χ4v) is 2.28. The van der Waals surface area contributed by atoms with E-state index < -0.39 is 0 Å². The summed E-state index contributed by atoms with van der Waals surface area (Å²) in [6.45, 7) is 6.87. The Balaban J connectivity index is 3.54. The molecule has 0 spiro atoms. The van der Waals surface area contributed by atoms with Gasteiger partial charge in [-0.1, -0.05) is 77.4 Å². The standard InChI is InChI=1S/C17H34/c1-4-7-9-10-11-12-13-16-17(14-6-3)15-8-5-2/h16H,4-15H2,1-3H3. The van der Waals surface area contributed by atoms with Gasteiger partial charge >= 0.3 is 0 Å². The average molecular weight is 238 g/mol. The van der Waals surface area contributed by atoms with Crippen LogP contribution in [0.15, 0.2) is 11.6 Å². The van der Waals surface area contributed by atoms with Gasteiger partial charge < -0.3 is 0 Å². The third kappa shape index (κ3) is 12.0. The van der Waals surface area contributed by atoms with E-state index in [9.17, 15) is 0 Å². The van der Waals surface area contributed by atoms with Crippen molar-refractivity contribution in [2.75, 3.05) is 0 Å². The van der Waals surface area contributed by atoms with E-state index in [0.29, 0.717) is 0 Å². The smallest absolute Gasteiger partial charge is 0.0320 e. The maximum Gasteiger partial charge on any atom is -0.0320 e. The maximum atomic E-state index is 2.54. The van der Waals surface area contributed by atoms with Crippen LogP contribution in [0.25, 0.3) is 0 Å². The molecule has 0 N–H and O–H groups in total. The Morgan fingerprint density at radius 2 is 1.29 bits per heavy atom. The number of hydrogen-bond donors (Lipinski definition) is 0. The zero-order chi connectivity index (χ0) is 12.8. The second-order valence-electron chi connectivity index (χ2n) is 5.27. The van der Waals surface area contributed by atoms with Crippen LogP contribution in [0.1, 0.15) is 97.8 Å². The molecule has 0 aromatic heterocycles. The molecular weight excluding hydrogens is 204 g/mol. The molecule has 0 fully saturated rings. The van der Waals surface area contributed by atoms with Crippen molar-refractivity contribution in [3.05, 3.63) is 11.6 Å². The predicted octanol–water partition coefficient (Wildman–Crippen LogP) is 6.65. The summed E-state index contributed by atoms with van der Waals surface area (Å²) in [5, 5.41) is 0. The first-order valence-corrected chi connectivity index (χ1v) is 8.03. The van der Waals surface area contributed by atoms with Crippen molar-refractivity contribution >= 4 is 0 Å². The van der Waals surface area contributed by atoms with Crippen molar-refractivity contribution in [2.24, 2.45) is 0 Å². The number of hydrogen-bond acceptors (Lipinski definition) is 0. The zero-order valence-corrected chi connectivity index (χ0v) is 12.6. The highest BCUT2D eigenvalue weighted by Crippen LogP contribution is 2.16. The molecule has 0 amide bonds. The van der Waals surface area contributed by atoms with Gasteiger partial charge in [0.2, 0.25) is 0 Å². The van der Waals surface area contributed by atoms with Crippen LogP contribution in [0.5, 0.6) is 0 Å². The summed E-state index contributed by atoms with van der Waals surface area (Å²) in [5.74, 6) is 0. The van der Waals surface area contributed by atoms with Gasteiger partial charge in [-0.05, 0) is 32.1 Å². The molecule has 0 aliphatic rings. The van der Waals surface area contributed by atoms with Gasteiger partial charge in [-0.15, -0.1) is 0 Å². The molecule has 0 heteroatoms. The average Bonchev–Trinajstić information content (AvgIpc) is 2.34. The first kappa shape index (κ1) is 16.7. The topological polar surface area (TPSA) is 0 Å². The van der Waals surface area contributed by atoms with Gasteiger partial charge in [0.05, 0.1) is 0 Å². The minimum absolute atomic E-state index is 1.31. The quantitative estimate of drug-likeness (QED) is 0.263. The van der Waals surface area contributed by atoms with Crippen molar-refractivity contribution in [1.29, 1.82) is 0 Å². The maximum absolute atomic E-state index is 2.54. The van der Waals surface area contributed by atoms with Crippen LogP contribution >= 0.6 is 0 Å². The highest BCUT2D eigenvalue weighted by atomic mass is 14.0. The van der Waals surface area contributed by atoms with Crippen molar-refractivity contribution in [1.82, 2.24) is 0 Å². The molecule has 0 saturated heterocycles. The highest BCUT2D eigenvalue weighted by Gasteiger charge is 1.96. The van der Waals surface area contributed by atoms with E-state index in [0.717, 1.165) is 0 Å². The Hall–Kier alpha value is -0.260. The third-order valence-electron chi connectivity index (χ3n) is 3.41. The number of allylic oxidation sites excluding steroid dienone is 2. The minimum atomic E-state index is 1.31. The molecule has 0 saturated carbocycles. The van der Waals surface area contributed by atoms with E-state index >= 15 is 0 Å². The molecule has 17 heavy (non-hydrogen) atoms. The molecule has 0 atom stereocenters. The van der Waals surface area contributed by atoms with Crippen LogP contribution in [-0.4, -0.2) is 0 Å². The molecule has 0 heterocycles. The lowest BCUT2D eigenvalue weighted by Gasteiger charge is -2.05. The molecule has 0 bridgehead atoms. The minimum Gasteiger partial charge on any atom is -0.0853 e. The van der Waals surface area contributed by atoms with Crippen molar-refractivity contribution in [3.8, 4) is 0 Å². The van der Waals surface area contributed by atoms with Crippen LogP contribution in [0.2, 0.25) is 0 Å². The fraction of sp³-hybridized carbons (Fsp3) is 0.882. The van der Waals surface area contributed by atoms with Gasteiger partial charge in [0.15, 0.2) is 0 Å². The second kappa shape index (κ2) is 13.8. The van der Waals surface area contributed by atoms with Crippen LogP contribution < -0.4 is 0 Å². The lowest BCUT2D eigenvalue weighted by molar-refractivity contribution is 0.609.